The molecule has 2 rings (SSSR count). The lowest BCUT2D eigenvalue weighted by atomic mass is 9.64. The fourth-order valence-corrected chi connectivity index (χ4v) is 2.68. The van der Waals surface area contributed by atoms with Gasteiger partial charge in [0.05, 0.1) is 6.10 Å². The van der Waals surface area contributed by atoms with Crippen molar-refractivity contribution in [3.63, 3.8) is 0 Å². The molecule has 3 nitrogen and oxygen atoms in total. The Kier molecular flexibility index (Phi) is 2.46. The molecule has 88 valence electrons. The average Bonchev–Trinajstić information content (AvgIpc) is 2.15. The van der Waals surface area contributed by atoms with Gasteiger partial charge in [0.15, 0.2) is 5.43 Å². The number of aliphatic hydroxyl groups excluding tert-OH is 1. The number of hydrogen-bond donors (Lipinski definition) is 1. The van der Waals surface area contributed by atoms with Gasteiger partial charge in [-0.1, -0.05) is 13.8 Å². The summed E-state index contributed by atoms with van der Waals surface area (Å²) < 4.78 is 2.17. The van der Waals surface area contributed by atoms with Crippen molar-refractivity contribution in [1.82, 2.24) is 4.57 Å². The molecule has 1 aliphatic rings. The molecule has 1 aliphatic carbocycles. The van der Waals surface area contributed by atoms with Crippen LogP contribution in [0.5, 0.6) is 0 Å². The van der Waals surface area contributed by atoms with Gasteiger partial charge in [-0.05, 0) is 20.3 Å². The summed E-state index contributed by atoms with van der Waals surface area (Å²) in [5, 5.41) is 9.77. The fourth-order valence-electron chi connectivity index (χ4n) is 2.68. The second-order valence-electron chi connectivity index (χ2n) is 5.43. The Morgan fingerprint density at radius 1 is 1.31 bits per heavy atom. The zero-order chi connectivity index (χ0) is 12.1. The van der Waals surface area contributed by atoms with Crippen LogP contribution < -0.4 is 5.43 Å². The van der Waals surface area contributed by atoms with E-state index in [1.807, 2.05) is 13.8 Å². The molecule has 0 spiro atoms. The lowest BCUT2D eigenvalue weighted by molar-refractivity contribution is -0.0906. The van der Waals surface area contributed by atoms with E-state index in [4.69, 9.17) is 0 Å². The van der Waals surface area contributed by atoms with Crippen molar-refractivity contribution in [2.45, 2.75) is 46.3 Å². The highest BCUT2D eigenvalue weighted by Gasteiger charge is 2.48. The lowest BCUT2D eigenvalue weighted by Crippen LogP contribution is -2.50. The van der Waals surface area contributed by atoms with E-state index in [1.165, 1.54) is 0 Å². The van der Waals surface area contributed by atoms with E-state index in [0.717, 1.165) is 17.8 Å². The molecule has 0 amide bonds. The lowest BCUT2D eigenvalue weighted by Gasteiger charge is -2.51. The largest absolute Gasteiger partial charge is 0.392 e. The predicted molar refractivity (Wildman–Crippen MR) is 63.6 cm³/mol. The van der Waals surface area contributed by atoms with Crippen LogP contribution in [0.15, 0.2) is 16.9 Å². The molecule has 0 radical (unpaired) electrons. The zero-order valence-corrected chi connectivity index (χ0v) is 10.3. The molecule has 1 heterocycles. The molecule has 1 aromatic heterocycles. The summed E-state index contributed by atoms with van der Waals surface area (Å²) in [5.41, 5.74) is 1.92. The van der Waals surface area contributed by atoms with E-state index in [2.05, 4.69) is 18.4 Å². The number of pyridine rings is 1. The second kappa shape index (κ2) is 3.45. The summed E-state index contributed by atoms with van der Waals surface area (Å²) in [7, 11) is 0. The third-order valence-electron chi connectivity index (χ3n) is 3.94. The molecule has 1 N–H and O–H groups in total. The first-order valence-electron chi connectivity index (χ1n) is 5.72. The van der Waals surface area contributed by atoms with Crippen LogP contribution in [0.4, 0.5) is 0 Å². The number of hydrogen-bond acceptors (Lipinski definition) is 2. The maximum Gasteiger partial charge on any atom is 0.182 e. The first-order chi connectivity index (χ1) is 7.34. The van der Waals surface area contributed by atoms with E-state index in [1.54, 1.807) is 12.1 Å². The molecule has 3 heteroatoms. The summed E-state index contributed by atoms with van der Waals surface area (Å²) in [6.07, 6.45) is 0.535. The van der Waals surface area contributed by atoms with Crippen LogP contribution in [-0.4, -0.2) is 15.8 Å². The summed E-state index contributed by atoms with van der Waals surface area (Å²) in [4.78, 5) is 11.4. The van der Waals surface area contributed by atoms with Crippen molar-refractivity contribution < 1.29 is 5.11 Å². The van der Waals surface area contributed by atoms with Gasteiger partial charge in [0.2, 0.25) is 0 Å². The Morgan fingerprint density at radius 3 is 2.19 bits per heavy atom. The number of aliphatic hydroxyl groups is 1. The van der Waals surface area contributed by atoms with Gasteiger partial charge in [-0.25, -0.2) is 0 Å². The summed E-state index contributed by atoms with van der Waals surface area (Å²) in [5.74, 6) is 0. The van der Waals surface area contributed by atoms with Gasteiger partial charge in [-0.2, -0.15) is 0 Å². The smallest absolute Gasteiger partial charge is 0.182 e. The Morgan fingerprint density at radius 2 is 1.81 bits per heavy atom. The SMILES string of the molecule is Cc1cc(=O)cc(C)n1C1CC(O)C1(C)C. The predicted octanol–water partition coefficient (Wildman–Crippen LogP) is 1.80. The van der Waals surface area contributed by atoms with Crippen molar-refractivity contribution in [1.29, 1.82) is 0 Å². The van der Waals surface area contributed by atoms with Crippen LogP contribution >= 0.6 is 0 Å². The maximum atomic E-state index is 11.4. The van der Waals surface area contributed by atoms with Crippen molar-refractivity contribution in [2.75, 3.05) is 0 Å². The third kappa shape index (κ3) is 1.50. The van der Waals surface area contributed by atoms with Gasteiger partial charge in [-0.3, -0.25) is 4.79 Å². The monoisotopic (exact) mass is 221 g/mol. The Balaban J connectivity index is 2.47. The minimum Gasteiger partial charge on any atom is -0.392 e. The van der Waals surface area contributed by atoms with Gasteiger partial charge in [0.1, 0.15) is 0 Å². The van der Waals surface area contributed by atoms with Crippen LogP contribution in [0.25, 0.3) is 0 Å². The number of aromatic nitrogens is 1. The Hall–Kier alpha value is -1.09. The molecule has 0 aromatic carbocycles. The van der Waals surface area contributed by atoms with Crippen LogP contribution in [0.3, 0.4) is 0 Å². The Bertz CT molecular complexity index is 447. The number of aryl methyl sites for hydroxylation is 2. The third-order valence-corrected chi connectivity index (χ3v) is 3.94. The molecule has 16 heavy (non-hydrogen) atoms. The second-order valence-corrected chi connectivity index (χ2v) is 5.43. The topological polar surface area (TPSA) is 42.2 Å². The van der Waals surface area contributed by atoms with Crippen LogP contribution in [-0.2, 0) is 0 Å². The molecule has 1 saturated carbocycles. The standard InChI is InChI=1S/C13H19NO2/c1-8-5-10(15)6-9(2)14(8)11-7-12(16)13(11,3)4/h5-6,11-12,16H,7H2,1-4H3. The zero-order valence-electron chi connectivity index (χ0n) is 10.3. The van der Waals surface area contributed by atoms with Crippen molar-refractivity contribution in [3.05, 3.63) is 33.7 Å². The van der Waals surface area contributed by atoms with E-state index in [-0.39, 0.29) is 16.9 Å². The van der Waals surface area contributed by atoms with Crippen LogP contribution in [0, 0.1) is 19.3 Å². The highest BCUT2D eigenvalue weighted by molar-refractivity contribution is 5.17. The van der Waals surface area contributed by atoms with Crippen LogP contribution in [0.1, 0.15) is 37.7 Å². The highest BCUT2D eigenvalue weighted by atomic mass is 16.3. The maximum absolute atomic E-state index is 11.4. The summed E-state index contributed by atoms with van der Waals surface area (Å²) in [6, 6.07) is 3.62. The van der Waals surface area contributed by atoms with E-state index in [0.29, 0.717) is 6.04 Å². The first-order valence-corrected chi connectivity index (χ1v) is 5.72. The summed E-state index contributed by atoms with van der Waals surface area (Å²) in [6.45, 7) is 8.05. The number of rotatable bonds is 1. The van der Waals surface area contributed by atoms with E-state index >= 15 is 0 Å². The van der Waals surface area contributed by atoms with Crippen molar-refractivity contribution in [3.8, 4) is 0 Å². The van der Waals surface area contributed by atoms with E-state index < -0.39 is 0 Å². The molecular weight excluding hydrogens is 202 g/mol. The minimum absolute atomic E-state index is 0.0592. The average molecular weight is 221 g/mol. The normalized spacial score (nSPS) is 27.6. The molecule has 1 aromatic rings. The molecule has 1 fully saturated rings. The fraction of sp³-hybridized carbons (Fsp3) is 0.615. The Labute approximate surface area is 95.7 Å². The molecule has 0 aliphatic heterocycles. The molecule has 2 unspecified atom stereocenters. The molecule has 0 saturated heterocycles. The quantitative estimate of drug-likeness (QED) is 0.785. The van der Waals surface area contributed by atoms with Crippen LogP contribution in [0.2, 0.25) is 0 Å². The number of nitrogens with zero attached hydrogens (tertiary/aromatic N) is 1. The van der Waals surface area contributed by atoms with Gasteiger partial charge < -0.3 is 9.67 Å². The molecule has 0 bridgehead atoms. The first kappa shape index (κ1) is 11.4. The highest BCUT2D eigenvalue weighted by Crippen LogP contribution is 2.50. The van der Waals surface area contributed by atoms with Crippen molar-refractivity contribution in [2.24, 2.45) is 5.41 Å². The summed E-state index contributed by atoms with van der Waals surface area (Å²) >= 11 is 0. The van der Waals surface area contributed by atoms with Gasteiger partial charge in [0.25, 0.3) is 0 Å². The molecule has 2 atom stereocenters. The van der Waals surface area contributed by atoms with Gasteiger partial charge >= 0.3 is 0 Å². The molecular formula is C13H19NO2. The minimum atomic E-state index is -0.240. The van der Waals surface area contributed by atoms with Crippen molar-refractivity contribution >= 4 is 0 Å². The van der Waals surface area contributed by atoms with E-state index in [9.17, 15) is 9.90 Å². The van der Waals surface area contributed by atoms with Gasteiger partial charge in [-0.15, -0.1) is 0 Å². The van der Waals surface area contributed by atoms with Gasteiger partial charge in [0, 0.05) is 35.0 Å².